The Morgan fingerprint density at radius 3 is 1.54 bits per heavy atom. The fourth-order valence-corrected chi connectivity index (χ4v) is 7.14. The largest absolute Gasteiger partial charge is 0.477 e. The third kappa shape index (κ3) is 3.89. The van der Waals surface area contributed by atoms with Gasteiger partial charge in [-0.1, -0.05) is 0 Å². The first-order valence-corrected chi connectivity index (χ1v) is 13.1. The van der Waals surface area contributed by atoms with Crippen LogP contribution in [0.1, 0.15) is 35.0 Å². The highest BCUT2D eigenvalue weighted by molar-refractivity contribution is 8.00. The predicted molar refractivity (Wildman–Crippen MR) is 128 cm³/mol. The van der Waals surface area contributed by atoms with Gasteiger partial charge in [-0.15, -0.1) is 23.5 Å². The van der Waals surface area contributed by atoms with Crippen molar-refractivity contribution >= 4 is 59.1 Å². The molecular formula is C22H20N4O9S2. The Bertz CT molecular complexity index is 1250. The first-order chi connectivity index (χ1) is 17.5. The number of rotatable bonds is 6. The van der Waals surface area contributed by atoms with E-state index in [0.29, 0.717) is 22.7 Å². The molecule has 0 unspecified atom stereocenters. The molecule has 0 aromatic carbocycles. The van der Waals surface area contributed by atoms with Crippen molar-refractivity contribution < 1.29 is 43.4 Å². The number of carboxylic acids is 2. The molecule has 194 valence electrons. The van der Waals surface area contributed by atoms with Crippen LogP contribution in [0.3, 0.4) is 0 Å². The molecule has 0 saturated carbocycles. The molecule has 0 aliphatic carbocycles. The van der Waals surface area contributed by atoms with Gasteiger partial charge in [0.1, 0.15) is 34.2 Å². The highest BCUT2D eigenvalue weighted by Gasteiger charge is 2.55. The van der Waals surface area contributed by atoms with Gasteiger partial charge in [0.15, 0.2) is 11.5 Å². The molecule has 2 fully saturated rings. The van der Waals surface area contributed by atoms with Crippen molar-refractivity contribution in [3.05, 3.63) is 46.2 Å². The maximum Gasteiger partial charge on any atom is 0.352 e. The van der Waals surface area contributed by atoms with Crippen molar-refractivity contribution in [1.29, 1.82) is 0 Å². The van der Waals surface area contributed by atoms with E-state index < -0.39 is 58.4 Å². The molecule has 15 heteroatoms. The number of hydrogen-bond donors (Lipinski definition) is 4. The average molecular weight is 549 g/mol. The lowest BCUT2D eigenvalue weighted by Crippen LogP contribution is -2.70. The van der Waals surface area contributed by atoms with Gasteiger partial charge in [-0.3, -0.25) is 29.0 Å². The van der Waals surface area contributed by atoms with Crippen LogP contribution in [0.2, 0.25) is 0 Å². The SMILES string of the molecule is CC1=C(C(=O)O)N2C(=O)[C@@H](NC(=O)c3ccc(C(=O)N[C@@H]4C(=O)N5C(C(=O)O)=C(C)CS[C@H]45)o3)[C@H]2SC1. The molecule has 4 aliphatic rings. The zero-order valence-corrected chi connectivity index (χ0v) is 21.0. The summed E-state index contributed by atoms with van der Waals surface area (Å²) in [5, 5.41) is 22.7. The lowest BCUT2D eigenvalue weighted by Gasteiger charge is -2.49. The van der Waals surface area contributed by atoms with Crippen molar-refractivity contribution in [3.8, 4) is 0 Å². The van der Waals surface area contributed by atoms with Crippen molar-refractivity contribution in [2.45, 2.75) is 36.7 Å². The molecule has 4 amide bonds. The zero-order chi connectivity index (χ0) is 26.8. The van der Waals surface area contributed by atoms with Gasteiger partial charge in [0.25, 0.3) is 23.6 Å². The van der Waals surface area contributed by atoms with Gasteiger partial charge in [-0.25, -0.2) is 9.59 Å². The summed E-state index contributed by atoms with van der Waals surface area (Å²) in [4.78, 5) is 75.8. The van der Waals surface area contributed by atoms with Gasteiger partial charge < -0.3 is 25.3 Å². The normalized spacial score (nSPS) is 26.6. The Hall–Kier alpha value is -3.72. The third-order valence-electron chi connectivity index (χ3n) is 6.35. The third-order valence-corrected chi connectivity index (χ3v) is 9.20. The summed E-state index contributed by atoms with van der Waals surface area (Å²) in [5.74, 6) is -4.78. The van der Waals surface area contributed by atoms with Crippen LogP contribution in [0.15, 0.2) is 39.1 Å². The number of nitrogens with one attached hydrogen (secondary N) is 2. The Kier molecular flexibility index (Phi) is 6.06. The van der Waals surface area contributed by atoms with Gasteiger partial charge >= 0.3 is 11.9 Å². The molecule has 5 heterocycles. The molecule has 4 atom stereocenters. The number of nitrogens with zero attached hydrogens (tertiary/aromatic N) is 2. The number of β-lactam (4-membered cyclic amide) rings is 2. The molecule has 4 aliphatic heterocycles. The van der Waals surface area contributed by atoms with Crippen LogP contribution in [0.4, 0.5) is 0 Å². The van der Waals surface area contributed by atoms with E-state index in [1.807, 2.05) is 0 Å². The van der Waals surface area contributed by atoms with Gasteiger partial charge in [0, 0.05) is 11.5 Å². The fraction of sp³-hybridized carbons (Fsp3) is 0.364. The number of fused-ring (bicyclic) bond motifs is 2. The van der Waals surface area contributed by atoms with E-state index in [2.05, 4.69) is 10.6 Å². The van der Waals surface area contributed by atoms with E-state index >= 15 is 0 Å². The number of amides is 4. The highest BCUT2D eigenvalue weighted by atomic mass is 32.2. The molecule has 5 rings (SSSR count). The first kappa shape index (κ1) is 25.0. The van der Waals surface area contributed by atoms with Crippen LogP contribution in [0.5, 0.6) is 0 Å². The molecule has 13 nitrogen and oxygen atoms in total. The van der Waals surface area contributed by atoms with Crippen LogP contribution < -0.4 is 10.6 Å². The van der Waals surface area contributed by atoms with Gasteiger partial charge in [-0.2, -0.15) is 0 Å². The lowest BCUT2D eigenvalue weighted by molar-refractivity contribution is -0.148. The fourth-order valence-electron chi connectivity index (χ4n) is 4.56. The van der Waals surface area contributed by atoms with Crippen molar-refractivity contribution in [2.24, 2.45) is 0 Å². The summed E-state index contributed by atoms with van der Waals surface area (Å²) in [5.41, 5.74) is 0.937. The quantitative estimate of drug-likeness (QED) is 0.351. The topological polar surface area (TPSA) is 187 Å². The minimum atomic E-state index is -1.22. The maximum atomic E-state index is 12.7. The summed E-state index contributed by atoms with van der Waals surface area (Å²) in [6, 6.07) is 0.573. The van der Waals surface area contributed by atoms with Crippen LogP contribution in [-0.4, -0.2) is 89.9 Å². The number of aliphatic carboxylic acids is 2. The maximum absolute atomic E-state index is 12.7. The van der Waals surface area contributed by atoms with E-state index in [0.717, 1.165) is 9.80 Å². The number of hydrogen-bond acceptors (Lipinski definition) is 9. The first-order valence-electron chi connectivity index (χ1n) is 11.0. The van der Waals surface area contributed by atoms with Gasteiger partial charge in [0.05, 0.1) is 0 Å². The molecule has 4 N–H and O–H groups in total. The molecule has 0 bridgehead atoms. The zero-order valence-electron chi connectivity index (χ0n) is 19.3. The second kappa shape index (κ2) is 8.99. The lowest BCUT2D eigenvalue weighted by atomic mass is 10.0. The second-order valence-electron chi connectivity index (χ2n) is 8.75. The van der Waals surface area contributed by atoms with Gasteiger partial charge in [0.2, 0.25) is 0 Å². The van der Waals surface area contributed by atoms with E-state index in [1.54, 1.807) is 13.8 Å². The van der Waals surface area contributed by atoms with E-state index in [1.165, 1.54) is 35.7 Å². The molecule has 0 spiro atoms. The molecular weight excluding hydrogens is 528 g/mol. The Morgan fingerprint density at radius 1 is 0.811 bits per heavy atom. The van der Waals surface area contributed by atoms with Crippen LogP contribution >= 0.6 is 23.5 Å². The summed E-state index contributed by atoms with van der Waals surface area (Å²) < 4.78 is 5.35. The average Bonchev–Trinajstić information content (AvgIpc) is 3.35. The predicted octanol–water partition coefficient (Wildman–Crippen LogP) is 0.0238. The number of furan rings is 1. The smallest absolute Gasteiger partial charge is 0.352 e. The highest BCUT2D eigenvalue weighted by Crippen LogP contribution is 2.41. The van der Waals surface area contributed by atoms with Crippen LogP contribution in [-0.2, 0) is 19.2 Å². The number of carbonyl (C=O) groups is 6. The van der Waals surface area contributed by atoms with Gasteiger partial charge in [-0.05, 0) is 37.1 Å². The van der Waals surface area contributed by atoms with E-state index in [4.69, 9.17) is 4.42 Å². The monoisotopic (exact) mass is 548 g/mol. The molecule has 0 radical (unpaired) electrons. The standard InChI is InChI=1S/C22H20N4O9S2/c1-7-5-36-19-11(17(29)25(19)13(7)21(31)32)23-15(27)9-3-4-10(35-9)16(28)24-12-18(30)26-14(22(33)34)8(2)6-37-20(12)26/h3-4,11-12,19-20H,5-6H2,1-2H3,(H,23,27)(H,24,28)(H,31,32)(H,33,34)/t11-,12-,19-,20-/m1/s1. The summed E-state index contributed by atoms with van der Waals surface area (Å²) in [7, 11) is 0. The minimum absolute atomic E-state index is 0.0856. The number of thioether (sulfide) groups is 2. The van der Waals surface area contributed by atoms with E-state index in [9.17, 15) is 39.0 Å². The van der Waals surface area contributed by atoms with Crippen molar-refractivity contribution in [1.82, 2.24) is 20.4 Å². The van der Waals surface area contributed by atoms with Crippen LogP contribution in [0, 0.1) is 0 Å². The molecule has 1 aromatic heterocycles. The molecule has 37 heavy (non-hydrogen) atoms. The molecule has 1 aromatic rings. The number of carboxylic acid groups (broad SMARTS) is 2. The van der Waals surface area contributed by atoms with E-state index in [-0.39, 0.29) is 22.9 Å². The Morgan fingerprint density at radius 2 is 1.19 bits per heavy atom. The summed E-state index contributed by atoms with van der Waals surface area (Å²) >= 11 is 2.65. The number of carbonyl (C=O) groups excluding carboxylic acids is 4. The summed E-state index contributed by atoms with van der Waals surface area (Å²) in [6.45, 7) is 3.26. The minimum Gasteiger partial charge on any atom is -0.477 e. The second-order valence-corrected chi connectivity index (χ2v) is 11.0. The van der Waals surface area contributed by atoms with Crippen molar-refractivity contribution in [3.63, 3.8) is 0 Å². The molecule has 2 saturated heterocycles. The van der Waals surface area contributed by atoms with Crippen LogP contribution in [0.25, 0.3) is 0 Å². The summed E-state index contributed by atoms with van der Waals surface area (Å²) in [6.07, 6.45) is 0. The Balaban J connectivity index is 1.21. The Labute approximate surface area is 217 Å². The van der Waals surface area contributed by atoms with Crippen molar-refractivity contribution in [2.75, 3.05) is 11.5 Å².